The molecule has 65 heavy (non-hydrogen) atoms. The first-order valence-electron chi connectivity index (χ1n) is 22.5. The maximum absolute atomic E-state index is 6.61. The minimum atomic E-state index is -0.462. The summed E-state index contributed by atoms with van der Waals surface area (Å²) in [4.78, 5) is 2.51. The highest BCUT2D eigenvalue weighted by molar-refractivity contribution is 6.16. The quantitative estimate of drug-likeness (QED) is 0.172. The van der Waals surface area contributed by atoms with E-state index in [-0.39, 0.29) is 0 Å². The number of rotatable bonds is 5. The summed E-state index contributed by atoms with van der Waals surface area (Å²) in [6.07, 6.45) is 0. The summed E-state index contributed by atoms with van der Waals surface area (Å²) < 4.78 is 6.61. The molecule has 1 aromatic heterocycles. The number of furan rings is 1. The van der Waals surface area contributed by atoms with E-state index in [4.69, 9.17) is 4.42 Å². The Kier molecular flexibility index (Phi) is 7.64. The van der Waals surface area contributed by atoms with Crippen molar-refractivity contribution in [2.24, 2.45) is 0 Å². The maximum atomic E-state index is 6.61. The molecule has 0 radical (unpaired) electrons. The summed E-state index contributed by atoms with van der Waals surface area (Å²) in [5.41, 5.74) is 19.8. The van der Waals surface area contributed by atoms with Crippen LogP contribution in [0.3, 0.4) is 0 Å². The Morgan fingerprint density at radius 1 is 0.323 bits per heavy atom. The zero-order valence-electron chi connectivity index (χ0n) is 35.4. The molecule has 2 aliphatic rings. The van der Waals surface area contributed by atoms with Crippen LogP contribution in [0.1, 0.15) is 22.3 Å². The maximum Gasteiger partial charge on any atom is 0.143 e. The topological polar surface area (TPSA) is 16.4 Å². The second kappa shape index (κ2) is 13.8. The summed E-state index contributed by atoms with van der Waals surface area (Å²) in [6, 6.07) is 87.2. The molecule has 0 N–H and O–H groups in total. The molecule has 14 rings (SSSR count). The lowest BCUT2D eigenvalue weighted by Gasteiger charge is -2.32. The van der Waals surface area contributed by atoms with Gasteiger partial charge in [0.15, 0.2) is 0 Å². The largest absolute Gasteiger partial charge is 0.455 e. The van der Waals surface area contributed by atoms with E-state index in [1.165, 1.54) is 66.4 Å². The van der Waals surface area contributed by atoms with Gasteiger partial charge in [-0.15, -0.1) is 0 Å². The van der Waals surface area contributed by atoms with Gasteiger partial charge in [-0.3, -0.25) is 0 Å². The summed E-state index contributed by atoms with van der Waals surface area (Å²) in [5.74, 6) is 0. The van der Waals surface area contributed by atoms with E-state index in [2.05, 4.69) is 235 Å². The van der Waals surface area contributed by atoms with Crippen LogP contribution in [0.25, 0.3) is 88.0 Å². The van der Waals surface area contributed by atoms with E-state index in [9.17, 15) is 0 Å². The lowest BCUT2D eigenvalue weighted by atomic mass is 9.70. The lowest BCUT2D eigenvalue weighted by molar-refractivity contribution is 0.672. The van der Waals surface area contributed by atoms with Crippen molar-refractivity contribution in [3.05, 3.63) is 259 Å². The third-order valence-electron chi connectivity index (χ3n) is 14.3. The average molecular weight is 826 g/mol. The molecule has 0 saturated carbocycles. The monoisotopic (exact) mass is 825 g/mol. The highest BCUT2D eigenvalue weighted by Crippen LogP contribution is 2.65. The van der Waals surface area contributed by atoms with E-state index in [1.54, 1.807) is 0 Å². The van der Waals surface area contributed by atoms with Crippen molar-refractivity contribution in [3.63, 3.8) is 0 Å². The second-order valence-corrected chi connectivity index (χ2v) is 17.5. The predicted octanol–water partition coefficient (Wildman–Crippen LogP) is 17.0. The van der Waals surface area contributed by atoms with Gasteiger partial charge in [0.2, 0.25) is 0 Å². The highest BCUT2D eigenvalue weighted by atomic mass is 16.3. The molecule has 12 aromatic rings. The molecule has 0 atom stereocenters. The third kappa shape index (κ3) is 5.11. The first-order valence-corrected chi connectivity index (χ1v) is 22.5. The van der Waals surface area contributed by atoms with E-state index >= 15 is 0 Å². The Balaban J connectivity index is 1.02. The van der Waals surface area contributed by atoms with Gasteiger partial charge in [0.1, 0.15) is 11.2 Å². The van der Waals surface area contributed by atoms with Crippen molar-refractivity contribution >= 4 is 60.5 Å². The average Bonchev–Trinajstić information content (AvgIpc) is 4.01. The van der Waals surface area contributed by atoms with Gasteiger partial charge in [0, 0.05) is 33.0 Å². The van der Waals surface area contributed by atoms with Crippen LogP contribution in [-0.2, 0) is 5.41 Å². The molecule has 0 bridgehead atoms. The molecule has 0 aliphatic heterocycles. The number of hydrogen-bond acceptors (Lipinski definition) is 2. The molecule has 0 amide bonds. The Morgan fingerprint density at radius 3 is 1.69 bits per heavy atom. The molecular weight excluding hydrogens is 787 g/mol. The smallest absolute Gasteiger partial charge is 0.143 e. The van der Waals surface area contributed by atoms with Crippen LogP contribution in [0.5, 0.6) is 0 Å². The van der Waals surface area contributed by atoms with Gasteiger partial charge in [-0.05, 0) is 120 Å². The molecule has 1 spiro atoms. The van der Waals surface area contributed by atoms with Gasteiger partial charge in [-0.1, -0.05) is 188 Å². The van der Waals surface area contributed by atoms with Gasteiger partial charge >= 0.3 is 0 Å². The van der Waals surface area contributed by atoms with Crippen LogP contribution in [0.4, 0.5) is 17.1 Å². The zero-order valence-corrected chi connectivity index (χ0v) is 35.4. The number of hydrogen-bond donors (Lipinski definition) is 0. The Labute approximate surface area is 376 Å². The Hall–Kier alpha value is -8.46. The second-order valence-electron chi connectivity index (χ2n) is 17.5. The van der Waals surface area contributed by atoms with Crippen LogP contribution >= 0.6 is 0 Å². The summed E-state index contributed by atoms with van der Waals surface area (Å²) in [5, 5.41) is 7.01. The van der Waals surface area contributed by atoms with E-state index < -0.39 is 5.41 Å². The van der Waals surface area contributed by atoms with Crippen molar-refractivity contribution in [3.8, 4) is 44.5 Å². The molecule has 2 nitrogen and oxygen atoms in total. The van der Waals surface area contributed by atoms with Crippen molar-refractivity contribution in [2.75, 3.05) is 4.90 Å². The first kappa shape index (κ1) is 36.1. The molecular formula is C63H39NO. The van der Waals surface area contributed by atoms with Crippen LogP contribution in [0, 0.1) is 0 Å². The number of nitrogens with zero attached hydrogens (tertiary/aromatic N) is 1. The molecule has 0 fully saturated rings. The SMILES string of the molecule is c1ccc(N(c2ccc(-c3ccc4ccccc4c3)cc2)c2cccc3c2-c2ccccc2C32c3ccccc3-c3ccccc32)c(-c2ccc3ccc4c5ccccc5oc4c3c2)c1. The molecule has 302 valence electrons. The van der Waals surface area contributed by atoms with Crippen LogP contribution in [-0.4, -0.2) is 0 Å². The predicted molar refractivity (Wildman–Crippen MR) is 271 cm³/mol. The fraction of sp³-hybridized carbons (Fsp3) is 0.0159. The van der Waals surface area contributed by atoms with Crippen LogP contribution < -0.4 is 4.90 Å². The van der Waals surface area contributed by atoms with Crippen molar-refractivity contribution in [1.29, 1.82) is 0 Å². The van der Waals surface area contributed by atoms with E-state index in [0.29, 0.717) is 0 Å². The normalized spacial score (nSPS) is 13.0. The van der Waals surface area contributed by atoms with Gasteiger partial charge in [0.05, 0.1) is 16.8 Å². The fourth-order valence-corrected chi connectivity index (χ4v) is 11.5. The van der Waals surface area contributed by atoms with Crippen molar-refractivity contribution < 1.29 is 4.42 Å². The Morgan fingerprint density at radius 2 is 0.892 bits per heavy atom. The number of para-hydroxylation sites is 2. The standard InChI is InChI=1S/C63H39NO/c1-2-15-43-38-44(30-28-40(43)14-1)41-32-35-46(36-33-41)64(58-25-11-6-16-47(58)45-31-29-42-34-37-51-50-19-7-12-27-60(50)65-62(51)53(42)39-45)59-26-13-24-57-61(59)52-20-5-10-23-56(52)63(57)54-21-8-3-17-48(54)49-18-4-9-22-55(49)63/h1-39H. The van der Waals surface area contributed by atoms with E-state index in [0.717, 1.165) is 60.9 Å². The molecule has 0 unspecified atom stereocenters. The molecule has 1 heterocycles. The van der Waals surface area contributed by atoms with Gasteiger partial charge in [-0.25, -0.2) is 0 Å². The minimum Gasteiger partial charge on any atom is -0.455 e. The van der Waals surface area contributed by atoms with Gasteiger partial charge in [0.25, 0.3) is 0 Å². The zero-order chi connectivity index (χ0) is 42.6. The summed E-state index contributed by atoms with van der Waals surface area (Å²) in [6.45, 7) is 0. The number of anilines is 3. The van der Waals surface area contributed by atoms with Crippen LogP contribution in [0.2, 0.25) is 0 Å². The number of fused-ring (bicyclic) bond motifs is 16. The molecule has 2 heteroatoms. The Bertz CT molecular complexity index is 3860. The van der Waals surface area contributed by atoms with E-state index in [1.807, 2.05) is 6.07 Å². The third-order valence-corrected chi connectivity index (χ3v) is 14.3. The summed E-state index contributed by atoms with van der Waals surface area (Å²) in [7, 11) is 0. The summed E-state index contributed by atoms with van der Waals surface area (Å²) >= 11 is 0. The van der Waals surface area contributed by atoms with Crippen LogP contribution in [0.15, 0.2) is 241 Å². The van der Waals surface area contributed by atoms with Gasteiger partial charge in [-0.2, -0.15) is 0 Å². The van der Waals surface area contributed by atoms with Crippen molar-refractivity contribution in [1.82, 2.24) is 0 Å². The highest BCUT2D eigenvalue weighted by Gasteiger charge is 2.52. The molecule has 2 aliphatic carbocycles. The molecule has 0 saturated heterocycles. The minimum absolute atomic E-state index is 0.462. The lowest BCUT2D eigenvalue weighted by Crippen LogP contribution is -2.26. The first-order chi connectivity index (χ1) is 32.2. The van der Waals surface area contributed by atoms with Gasteiger partial charge < -0.3 is 9.32 Å². The van der Waals surface area contributed by atoms with Crippen molar-refractivity contribution in [2.45, 2.75) is 5.41 Å². The fourth-order valence-electron chi connectivity index (χ4n) is 11.5. The number of benzene rings is 11. The molecule has 11 aromatic carbocycles.